The largest absolute Gasteiger partial charge is 0.480 e. The third-order valence-corrected chi connectivity index (χ3v) is 2.88. The van der Waals surface area contributed by atoms with Gasteiger partial charge in [-0.2, -0.15) is 0 Å². The van der Waals surface area contributed by atoms with Gasteiger partial charge in [0.05, 0.1) is 0 Å². The Morgan fingerprint density at radius 2 is 2.29 bits per heavy atom. The molecule has 3 N–H and O–H groups in total. The van der Waals surface area contributed by atoms with Crippen molar-refractivity contribution in [2.24, 2.45) is 5.73 Å². The number of furan rings is 1. The van der Waals surface area contributed by atoms with E-state index >= 15 is 0 Å². The van der Waals surface area contributed by atoms with E-state index < -0.39 is 11.4 Å². The maximum Gasteiger partial charge on any atom is 0.317 e. The van der Waals surface area contributed by atoms with E-state index in [0.717, 1.165) is 0 Å². The van der Waals surface area contributed by atoms with Crippen LogP contribution in [0.2, 0.25) is 5.22 Å². The fourth-order valence-electron chi connectivity index (χ4n) is 1.89. The SMILES string of the molecule is NC1CC(C(=O)O)(c2ccc(Cl)o2)C1. The summed E-state index contributed by atoms with van der Waals surface area (Å²) in [6.07, 6.45) is 0.818. The molecule has 0 aliphatic heterocycles. The van der Waals surface area contributed by atoms with Crippen molar-refractivity contribution in [1.82, 2.24) is 0 Å². The highest BCUT2D eigenvalue weighted by Gasteiger charge is 2.52. The van der Waals surface area contributed by atoms with Crippen LogP contribution < -0.4 is 5.73 Å². The van der Waals surface area contributed by atoms with Crippen molar-refractivity contribution >= 4 is 17.6 Å². The molecule has 1 heterocycles. The maximum atomic E-state index is 11.1. The molecule has 1 fully saturated rings. The van der Waals surface area contributed by atoms with Gasteiger partial charge in [0.25, 0.3) is 0 Å². The molecule has 1 aromatic heterocycles. The van der Waals surface area contributed by atoms with E-state index in [1.54, 1.807) is 12.1 Å². The lowest BCUT2D eigenvalue weighted by atomic mass is 9.64. The molecule has 4 nitrogen and oxygen atoms in total. The fourth-order valence-corrected chi connectivity index (χ4v) is 2.03. The highest BCUT2D eigenvalue weighted by atomic mass is 35.5. The monoisotopic (exact) mass is 215 g/mol. The van der Waals surface area contributed by atoms with Crippen LogP contribution in [0.5, 0.6) is 0 Å². The zero-order valence-electron chi connectivity index (χ0n) is 7.37. The molecule has 2 rings (SSSR count). The third-order valence-electron chi connectivity index (χ3n) is 2.68. The van der Waals surface area contributed by atoms with Gasteiger partial charge in [-0.15, -0.1) is 0 Å². The van der Waals surface area contributed by atoms with Crippen LogP contribution in [0.25, 0.3) is 0 Å². The zero-order valence-corrected chi connectivity index (χ0v) is 8.12. The molecule has 1 aliphatic rings. The predicted molar refractivity (Wildman–Crippen MR) is 50.2 cm³/mol. The first-order valence-corrected chi connectivity index (χ1v) is 4.67. The number of carboxylic acid groups (broad SMARTS) is 1. The van der Waals surface area contributed by atoms with E-state index in [0.29, 0.717) is 18.6 Å². The van der Waals surface area contributed by atoms with Crippen LogP contribution in [-0.2, 0) is 10.2 Å². The summed E-state index contributed by atoms with van der Waals surface area (Å²) in [5, 5.41) is 9.31. The van der Waals surface area contributed by atoms with E-state index in [4.69, 9.17) is 26.9 Å². The third kappa shape index (κ3) is 1.22. The quantitative estimate of drug-likeness (QED) is 0.782. The Kier molecular flexibility index (Phi) is 2.05. The second kappa shape index (κ2) is 3.00. The Bertz CT molecular complexity index is 368. The molecule has 76 valence electrons. The Morgan fingerprint density at radius 1 is 1.64 bits per heavy atom. The van der Waals surface area contributed by atoms with E-state index in [2.05, 4.69) is 0 Å². The lowest BCUT2D eigenvalue weighted by Crippen LogP contribution is -2.53. The molecular formula is C9H10ClNO3. The van der Waals surface area contributed by atoms with Gasteiger partial charge in [0.2, 0.25) is 0 Å². The van der Waals surface area contributed by atoms with Gasteiger partial charge >= 0.3 is 5.97 Å². The summed E-state index contributed by atoms with van der Waals surface area (Å²) in [6.45, 7) is 0. The summed E-state index contributed by atoms with van der Waals surface area (Å²) < 4.78 is 5.13. The smallest absolute Gasteiger partial charge is 0.317 e. The van der Waals surface area contributed by atoms with Crippen LogP contribution in [0, 0.1) is 0 Å². The van der Waals surface area contributed by atoms with Gasteiger partial charge in [-0.25, -0.2) is 0 Å². The first kappa shape index (κ1) is 9.55. The van der Waals surface area contributed by atoms with Gasteiger partial charge in [0.1, 0.15) is 11.2 Å². The minimum absolute atomic E-state index is 0.0602. The lowest BCUT2D eigenvalue weighted by Gasteiger charge is -2.40. The number of hydrogen-bond acceptors (Lipinski definition) is 3. The van der Waals surface area contributed by atoms with Gasteiger partial charge < -0.3 is 15.3 Å². The summed E-state index contributed by atoms with van der Waals surface area (Å²) in [5.41, 5.74) is 4.65. The number of carbonyl (C=O) groups is 1. The van der Waals surface area contributed by atoms with Crippen LogP contribution >= 0.6 is 11.6 Å². The Morgan fingerprint density at radius 3 is 2.64 bits per heavy atom. The van der Waals surface area contributed by atoms with E-state index in [1.807, 2.05) is 0 Å². The number of aliphatic carboxylic acids is 1. The number of halogens is 1. The Labute approximate surface area is 85.6 Å². The highest BCUT2D eigenvalue weighted by Crippen LogP contribution is 2.44. The molecule has 0 radical (unpaired) electrons. The second-order valence-corrected chi connectivity index (χ2v) is 4.03. The first-order valence-electron chi connectivity index (χ1n) is 4.29. The molecule has 1 saturated carbocycles. The van der Waals surface area contributed by atoms with Crippen LogP contribution in [0.4, 0.5) is 0 Å². The fraction of sp³-hybridized carbons (Fsp3) is 0.444. The summed E-state index contributed by atoms with van der Waals surface area (Å²) in [6, 6.07) is 3.09. The molecule has 14 heavy (non-hydrogen) atoms. The van der Waals surface area contributed by atoms with Crippen LogP contribution in [-0.4, -0.2) is 17.1 Å². The second-order valence-electron chi connectivity index (χ2n) is 3.66. The lowest BCUT2D eigenvalue weighted by molar-refractivity contribution is -0.149. The van der Waals surface area contributed by atoms with Gasteiger partial charge in [0.15, 0.2) is 5.22 Å². The van der Waals surface area contributed by atoms with Crippen molar-refractivity contribution in [1.29, 1.82) is 0 Å². The van der Waals surface area contributed by atoms with Crippen LogP contribution in [0.3, 0.4) is 0 Å². The summed E-state index contributed by atoms with van der Waals surface area (Å²) in [5.74, 6) is -0.498. The number of hydrogen-bond donors (Lipinski definition) is 2. The van der Waals surface area contributed by atoms with Crippen molar-refractivity contribution in [3.05, 3.63) is 23.1 Å². The molecule has 0 atom stereocenters. The zero-order chi connectivity index (χ0) is 10.3. The highest BCUT2D eigenvalue weighted by molar-refractivity contribution is 6.28. The Balaban J connectivity index is 2.34. The number of rotatable bonds is 2. The molecule has 0 saturated heterocycles. The number of carboxylic acids is 1. The molecule has 5 heteroatoms. The van der Waals surface area contributed by atoms with Gasteiger partial charge in [0, 0.05) is 6.04 Å². The molecular weight excluding hydrogens is 206 g/mol. The topological polar surface area (TPSA) is 76.5 Å². The number of nitrogens with two attached hydrogens (primary N) is 1. The summed E-state index contributed by atoms with van der Waals surface area (Å²) >= 11 is 5.60. The van der Waals surface area contributed by atoms with Crippen molar-refractivity contribution in [2.75, 3.05) is 0 Å². The molecule has 0 bridgehead atoms. The van der Waals surface area contributed by atoms with Crippen molar-refractivity contribution in [3.8, 4) is 0 Å². The standard InChI is InChI=1S/C9H10ClNO3/c10-7-2-1-6(14-7)9(8(12)13)3-5(11)4-9/h1-2,5H,3-4,11H2,(H,12,13). The average molecular weight is 216 g/mol. The van der Waals surface area contributed by atoms with Crippen LogP contribution in [0.1, 0.15) is 18.6 Å². The molecule has 0 aromatic carbocycles. The minimum atomic E-state index is -0.952. The van der Waals surface area contributed by atoms with E-state index in [1.165, 1.54) is 0 Å². The van der Waals surface area contributed by atoms with Gasteiger partial charge in [-0.05, 0) is 36.6 Å². The molecule has 1 aromatic rings. The van der Waals surface area contributed by atoms with E-state index in [-0.39, 0.29) is 11.3 Å². The minimum Gasteiger partial charge on any atom is -0.480 e. The molecule has 1 aliphatic carbocycles. The van der Waals surface area contributed by atoms with Crippen molar-refractivity contribution in [2.45, 2.75) is 24.3 Å². The molecule has 0 spiro atoms. The first-order chi connectivity index (χ1) is 6.54. The molecule has 0 unspecified atom stereocenters. The van der Waals surface area contributed by atoms with E-state index in [9.17, 15) is 4.79 Å². The van der Waals surface area contributed by atoms with Gasteiger partial charge in [-0.3, -0.25) is 4.79 Å². The average Bonchev–Trinajstić information content (AvgIpc) is 2.45. The van der Waals surface area contributed by atoms with Crippen molar-refractivity contribution in [3.63, 3.8) is 0 Å². The van der Waals surface area contributed by atoms with Crippen molar-refractivity contribution < 1.29 is 14.3 Å². The predicted octanol–water partition coefficient (Wildman–Crippen LogP) is 1.38. The summed E-state index contributed by atoms with van der Waals surface area (Å²) in [7, 11) is 0. The molecule has 0 amide bonds. The maximum absolute atomic E-state index is 11.1. The summed E-state index contributed by atoms with van der Waals surface area (Å²) in [4.78, 5) is 11.1. The van der Waals surface area contributed by atoms with Gasteiger partial charge in [-0.1, -0.05) is 0 Å². The Hall–Kier alpha value is -1.00. The van der Waals surface area contributed by atoms with Crippen LogP contribution in [0.15, 0.2) is 16.5 Å². The normalized spacial score (nSPS) is 31.1.